The average molecular weight is 206 g/mol. The minimum absolute atomic E-state index is 0.204. The summed E-state index contributed by atoms with van der Waals surface area (Å²) in [5, 5.41) is 0. The van der Waals surface area contributed by atoms with E-state index in [1.54, 1.807) is 0 Å². The third-order valence-corrected chi connectivity index (χ3v) is 2.34. The van der Waals surface area contributed by atoms with E-state index in [4.69, 9.17) is 4.74 Å². The highest BCUT2D eigenvalue weighted by Gasteiger charge is 2.09. The molecule has 0 heterocycles. The number of carbonyl (C=O) groups is 1. The van der Waals surface area contributed by atoms with Crippen LogP contribution in [-0.2, 0) is 4.74 Å². The Hall–Kier alpha value is -1.31. The molecule has 0 spiro atoms. The van der Waals surface area contributed by atoms with Gasteiger partial charge in [-0.2, -0.15) is 0 Å². The summed E-state index contributed by atoms with van der Waals surface area (Å²) in [6, 6.07) is 5.83. The Labute approximate surface area is 91.3 Å². The minimum atomic E-state index is -0.204. The molecular formula is C13H18O2. The van der Waals surface area contributed by atoms with Gasteiger partial charge in [0.1, 0.15) is 0 Å². The van der Waals surface area contributed by atoms with E-state index in [1.165, 1.54) is 0 Å². The van der Waals surface area contributed by atoms with Crippen LogP contribution in [0.2, 0.25) is 0 Å². The molecule has 0 fully saturated rings. The summed E-state index contributed by atoms with van der Waals surface area (Å²) in [6.07, 6.45) is 1.97. The summed E-state index contributed by atoms with van der Waals surface area (Å²) < 4.78 is 5.17. The molecule has 0 aliphatic carbocycles. The van der Waals surface area contributed by atoms with Gasteiger partial charge in [-0.25, -0.2) is 4.79 Å². The van der Waals surface area contributed by atoms with E-state index < -0.39 is 0 Å². The van der Waals surface area contributed by atoms with Crippen molar-refractivity contribution in [2.75, 3.05) is 6.61 Å². The van der Waals surface area contributed by atoms with Crippen molar-refractivity contribution in [3.63, 3.8) is 0 Å². The summed E-state index contributed by atoms with van der Waals surface area (Å²) in [5.41, 5.74) is 2.75. The Morgan fingerprint density at radius 3 is 2.73 bits per heavy atom. The minimum Gasteiger partial charge on any atom is -0.462 e. The van der Waals surface area contributed by atoms with E-state index >= 15 is 0 Å². The molecule has 0 saturated carbocycles. The lowest BCUT2D eigenvalue weighted by molar-refractivity contribution is 0.0499. The van der Waals surface area contributed by atoms with Crippen molar-refractivity contribution in [1.29, 1.82) is 0 Å². The SMILES string of the molecule is CCCCOC(=O)c1cc(C)ccc1C. The van der Waals surface area contributed by atoms with Crippen molar-refractivity contribution >= 4 is 5.97 Å². The second-order valence-corrected chi connectivity index (χ2v) is 3.81. The van der Waals surface area contributed by atoms with Gasteiger partial charge in [0, 0.05) is 0 Å². The largest absolute Gasteiger partial charge is 0.462 e. The van der Waals surface area contributed by atoms with E-state index in [1.807, 2.05) is 32.0 Å². The maximum absolute atomic E-state index is 11.7. The fraction of sp³-hybridized carbons (Fsp3) is 0.462. The first-order chi connectivity index (χ1) is 7.15. The van der Waals surface area contributed by atoms with Gasteiger partial charge in [0.2, 0.25) is 0 Å². The summed E-state index contributed by atoms with van der Waals surface area (Å²) in [7, 11) is 0. The highest BCUT2D eigenvalue weighted by Crippen LogP contribution is 2.12. The number of carbonyl (C=O) groups excluding carboxylic acids is 1. The van der Waals surface area contributed by atoms with Gasteiger partial charge < -0.3 is 4.74 Å². The molecule has 0 aliphatic rings. The third kappa shape index (κ3) is 3.39. The van der Waals surface area contributed by atoms with Crippen LogP contribution in [0.15, 0.2) is 18.2 Å². The highest BCUT2D eigenvalue weighted by atomic mass is 16.5. The van der Waals surface area contributed by atoms with Crippen LogP contribution in [0.5, 0.6) is 0 Å². The molecule has 1 aromatic carbocycles. The van der Waals surface area contributed by atoms with Crippen molar-refractivity contribution in [1.82, 2.24) is 0 Å². The molecule has 0 unspecified atom stereocenters. The lowest BCUT2D eigenvalue weighted by Gasteiger charge is -2.07. The molecule has 1 aromatic rings. The monoisotopic (exact) mass is 206 g/mol. The van der Waals surface area contributed by atoms with Gasteiger partial charge in [-0.3, -0.25) is 0 Å². The first-order valence-electron chi connectivity index (χ1n) is 5.39. The molecule has 0 aliphatic heterocycles. The maximum atomic E-state index is 11.7. The molecule has 0 atom stereocenters. The fourth-order valence-corrected chi connectivity index (χ4v) is 1.34. The second-order valence-electron chi connectivity index (χ2n) is 3.81. The number of ether oxygens (including phenoxy) is 1. The van der Waals surface area contributed by atoms with Gasteiger partial charge in [0.15, 0.2) is 0 Å². The number of unbranched alkanes of at least 4 members (excludes halogenated alkanes) is 1. The van der Waals surface area contributed by atoms with Crippen LogP contribution in [0.4, 0.5) is 0 Å². The number of rotatable bonds is 4. The number of benzene rings is 1. The number of hydrogen-bond acceptors (Lipinski definition) is 2. The molecule has 0 bridgehead atoms. The van der Waals surface area contributed by atoms with E-state index in [2.05, 4.69) is 6.92 Å². The van der Waals surface area contributed by atoms with Crippen LogP contribution in [0.3, 0.4) is 0 Å². The molecule has 1 rings (SSSR count). The van der Waals surface area contributed by atoms with Crippen LogP contribution in [0.25, 0.3) is 0 Å². The van der Waals surface area contributed by atoms with Crippen molar-refractivity contribution in [3.8, 4) is 0 Å². The van der Waals surface area contributed by atoms with Gasteiger partial charge in [-0.05, 0) is 31.9 Å². The van der Waals surface area contributed by atoms with E-state index in [9.17, 15) is 4.79 Å². The predicted molar refractivity (Wildman–Crippen MR) is 61.1 cm³/mol. The van der Waals surface area contributed by atoms with Crippen LogP contribution >= 0.6 is 0 Å². The summed E-state index contributed by atoms with van der Waals surface area (Å²) >= 11 is 0. The van der Waals surface area contributed by atoms with E-state index in [0.29, 0.717) is 12.2 Å². The number of aryl methyl sites for hydroxylation is 2. The summed E-state index contributed by atoms with van der Waals surface area (Å²) in [5.74, 6) is -0.204. The van der Waals surface area contributed by atoms with Crippen LogP contribution < -0.4 is 0 Å². The van der Waals surface area contributed by atoms with Gasteiger partial charge in [0.25, 0.3) is 0 Å². The van der Waals surface area contributed by atoms with Crippen molar-refractivity contribution < 1.29 is 9.53 Å². The molecule has 2 nitrogen and oxygen atoms in total. The Morgan fingerprint density at radius 1 is 1.33 bits per heavy atom. The molecule has 0 N–H and O–H groups in total. The van der Waals surface area contributed by atoms with Gasteiger partial charge in [-0.1, -0.05) is 31.0 Å². The number of esters is 1. The van der Waals surface area contributed by atoms with Crippen molar-refractivity contribution in [2.45, 2.75) is 33.6 Å². The van der Waals surface area contributed by atoms with Gasteiger partial charge >= 0.3 is 5.97 Å². The summed E-state index contributed by atoms with van der Waals surface area (Å²) in [6.45, 7) is 6.49. The standard InChI is InChI=1S/C13H18O2/c1-4-5-8-15-13(14)12-9-10(2)6-7-11(12)3/h6-7,9H,4-5,8H2,1-3H3. The first-order valence-corrected chi connectivity index (χ1v) is 5.39. The normalized spacial score (nSPS) is 10.1. The van der Waals surface area contributed by atoms with Crippen molar-refractivity contribution in [3.05, 3.63) is 34.9 Å². The zero-order valence-electron chi connectivity index (χ0n) is 9.67. The molecule has 0 saturated heterocycles. The Morgan fingerprint density at radius 2 is 2.07 bits per heavy atom. The molecule has 82 valence electrons. The maximum Gasteiger partial charge on any atom is 0.338 e. The van der Waals surface area contributed by atoms with Gasteiger partial charge in [-0.15, -0.1) is 0 Å². The zero-order chi connectivity index (χ0) is 11.3. The van der Waals surface area contributed by atoms with Crippen LogP contribution in [0, 0.1) is 13.8 Å². The Bertz CT molecular complexity index is 342. The molecule has 2 heteroatoms. The molecule has 0 amide bonds. The molecule has 15 heavy (non-hydrogen) atoms. The smallest absolute Gasteiger partial charge is 0.338 e. The quantitative estimate of drug-likeness (QED) is 0.558. The Kier molecular flexibility index (Phi) is 4.35. The van der Waals surface area contributed by atoms with E-state index in [0.717, 1.165) is 24.0 Å². The summed E-state index contributed by atoms with van der Waals surface area (Å²) in [4.78, 5) is 11.7. The second kappa shape index (κ2) is 5.54. The third-order valence-electron chi connectivity index (χ3n) is 2.34. The van der Waals surface area contributed by atoms with Gasteiger partial charge in [0.05, 0.1) is 12.2 Å². The van der Waals surface area contributed by atoms with Crippen molar-refractivity contribution in [2.24, 2.45) is 0 Å². The Balaban J connectivity index is 2.68. The molecule has 0 radical (unpaired) electrons. The topological polar surface area (TPSA) is 26.3 Å². The van der Waals surface area contributed by atoms with E-state index in [-0.39, 0.29) is 5.97 Å². The predicted octanol–water partition coefficient (Wildman–Crippen LogP) is 3.26. The zero-order valence-corrected chi connectivity index (χ0v) is 9.67. The lowest BCUT2D eigenvalue weighted by Crippen LogP contribution is -2.08. The average Bonchev–Trinajstić information content (AvgIpc) is 2.22. The van der Waals surface area contributed by atoms with Crippen LogP contribution in [-0.4, -0.2) is 12.6 Å². The number of hydrogen-bond donors (Lipinski definition) is 0. The highest BCUT2D eigenvalue weighted by molar-refractivity contribution is 5.91. The van der Waals surface area contributed by atoms with Crippen LogP contribution in [0.1, 0.15) is 41.3 Å². The molecule has 0 aromatic heterocycles. The lowest BCUT2D eigenvalue weighted by atomic mass is 10.1. The first kappa shape index (κ1) is 11.8. The fourth-order valence-electron chi connectivity index (χ4n) is 1.34. The molecular weight excluding hydrogens is 188 g/mol.